The van der Waals surface area contributed by atoms with Crippen molar-refractivity contribution in [3.63, 3.8) is 0 Å². The number of esters is 1. The van der Waals surface area contributed by atoms with E-state index in [1.54, 1.807) is 42.5 Å². The maximum atomic E-state index is 12.2. The molecule has 1 atom stereocenters. The second-order valence-corrected chi connectivity index (χ2v) is 5.66. The van der Waals surface area contributed by atoms with E-state index in [0.717, 1.165) is 5.56 Å². The third-order valence-corrected chi connectivity index (χ3v) is 3.38. The maximum absolute atomic E-state index is 12.2. The molecule has 0 aliphatic carbocycles. The molecule has 2 rings (SSSR count). The van der Waals surface area contributed by atoms with Crippen LogP contribution < -0.4 is 10.6 Å². The van der Waals surface area contributed by atoms with Gasteiger partial charge in [0.2, 0.25) is 5.91 Å². The van der Waals surface area contributed by atoms with Gasteiger partial charge in [0.15, 0.2) is 6.10 Å². The quantitative estimate of drug-likeness (QED) is 0.819. The van der Waals surface area contributed by atoms with Gasteiger partial charge in [-0.1, -0.05) is 17.7 Å². The summed E-state index contributed by atoms with van der Waals surface area (Å²) in [5.74, 6) is -1.16. The summed E-state index contributed by atoms with van der Waals surface area (Å²) in [6, 6.07) is 13.6. The number of anilines is 2. The molecule has 1 unspecified atom stereocenters. The number of ether oxygens (including phenoxy) is 1. The van der Waals surface area contributed by atoms with Crippen LogP contribution in [0, 0.1) is 6.92 Å². The van der Waals surface area contributed by atoms with E-state index in [2.05, 4.69) is 10.6 Å². The molecule has 0 bridgehead atoms. The molecule has 0 aliphatic heterocycles. The Kier molecular flexibility index (Phi) is 5.89. The van der Waals surface area contributed by atoms with E-state index in [1.807, 2.05) is 13.0 Å². The Morgan fingerprint density at radius 2 is 1.56 bits per heavy atom. The lowest BCUT2D eigenvalue weighted by Gasteiger charge is -2.14. The molecule has 2 aromatic rings. The molecule has 25 heavy (non-hydrogen) atoms. The summed E-state index contributed by atoms with van der Waals surface area (Å²) in [4.78, 5) is 35.2. The predicted octanol–water partition coefficient (Wildman–Crippen LogP) is 3.14. The molecule has 0 saturated carbocycles. The fraction of sp³-hybridized carbons (Fsp3) is 0.211. The zero-order valence-electron chi connectivity index (χ0n) is 14.3. The third kappa shape index (κ3) is 5.46. The molecular weight excluding hydrogens is 320 g/mol. The Hall–Kier alpha value is -3.15. The van der Waals surface area contributed by atoms with Crippen LogP contribution in [-0.4, -0.2) is 23.9 Å². The lowest BCUT2D eigenvalue weighted by atomic mass is 10.1. The smallest absolute Gasteiger partial charge is 0.338 e. The second kappa shape index (κ2) is 8.10. The van der Waals surface area contributed by atoms with Crippen molar-refractivity contribution in [1.29, 1.82) is 0 Å². The van der Waals surface area contributed by atoms with Crippen molar-refractivity contribution in [1.82, 2.24) is 0 Å². The normalized spacial score (nSPS) is 11.3. The van der Waals surface area contributed by atoms with Crippen LogP contribution in [0.2, 0.25) is 0 Å². The number of rotatable bonds is 5. The SMILES string of the molecule is CC(=O)Nc1ccc(NC(=O)C(C)OC(=O)c2cccc(C)c2)cc1. The number of carbonyl (C=O) groups excluding carboxylic acids is 3. The van der Waals surface area contributed by atoms with E-state index in [-0.39, 0.29) is 5.91 Å². The number of amides is 2. The van der Waals surface area contributed by atoms with Crippen molar-refractivity contribution >= 4 is 29.2 Å². The van der Waals surface area contributed by atoms with Crippen molar-refractivity contribution in [2.75, 3.05) is 10.6 Å². The maximum Gasteiger partial charge on any atom is 0.338 e. The number of carbonyl (C=O) groups is 3. The summed E-state index contributed by atoms with van der Waals surface area (Å²) in [7, 11) is 0. The van der Waals surface area contributed by atoms with Crippen molar-refractivity contribution < 1.29 is 19.1 Å². The minimum Gasteiger partial charge on any atom is -0.449 e. The van der Waals surface area contributed by atoms with Gasteiger partial charge in [-0.3, -0.25) is 9.59 Å². The average molecular weight is 340 g/mol. The molecule has 2 amide bonds. The molecule has 6 nitrogen and oxygen atoms in total. The molecule has 2 aromatic carbocycles. The highest BCUT2D eigenvalue weighted by molar-refractivity contribution is 5.97. The van der Waals surface area contributed by atoms with Gasteiger partial charge >= 0.3 is 5.97 Å². The van der Waals surface area contributed by atoms with E-state index in [9.17, 15) is 14.4 Å². The van der Waals surface area contributed by atoms with Gasteiger partial charge in [0.1, 0.15) is 0 Å². The Labute approximate surface area is 146 Å². The lowest BCUT2D eigenvalue weighted by Crippen LogP contribution is -2.30. The molecular formula is C19H20N2O4. The highest BCUT2D eigenvalue weighted by Gasteiger charge is 2.19. The van der Waals surface area contributed by atoms with E-state index in [4.69, 9.17) is 4.74 Å². The fourth-order valence-corrected chi connectivity index (χ4v) is 2.14. The number of hydrogen-bond donors (Lipinski definition) is 2. The molecule has 130 valence electrons. The Morgan fingerprint density at radius 1 is 0.960 bits per heavy atom. The molecule has 6 heteroatoms. The van der Waals surface area contributed by atoms with Gasteiger partial charge in [-0.15, -0.1) is 0 Å². The zero-order chi connectivity index (χ0) is 18.4. The summed E-state index contributed by atoms with van der Waals surface area (Å²) in [6.45, 7) is 4.80. The molecule has 0 aromatic heterocycles. The van der Waals surface area contributed by atoms with Crippen LogP contribution in [0.25, 0.3) is 0 Å². The first kappa shape index (κ1) is 18.2. The van der Waals surface area contributed by atoms with E-state index in [0.29, 0.717) is 16.9 Å². The van der Waals surface area contributed by atoms with Crippen LogP contribution in [0.4, 0.5) is 11.4 Å². The first-order valence-electron chi connectivity index (χ1n) is 7.81. The standard InChI is InChI=1S/C19H20N2O4/c1-12-5-4-6-15(11-12)19(24)25-13(2)18(23)21-17-9-7-16(8-10-17)20-14(3)22/h4-11,13H,1-3H3,(H,20,22)(H,21,23). The minimum atomic E-state index is -0.942. The largest absolute Gasteiger partial charge is 0.449 e. The van der Waals surface area contributed by atoms with Crippen LogP contribution in [-0.2, 0) is 14.3 Å². The van der Waals surface area contributed by atoms with Crippen molar-refractivity contribution in [2.45, 2.75) is 26.9 Å². The summed E-state index contributed by atoms with van der Waals surface area (Å²) in [5, 5.41) is 5.30. The first-order chi connectivity index (χ1) is 11.8. The van der Waals surface area contributed by atoms with Crippen molar-refractivity contribution in [2.24, 2.45) is 0 Å². The van der Waals surface area contributed by atoms with Gasteiger partial charge < -0.3 is 15.4 Å². The molecule has 0 fully saturated rings. The Balaban J connectivity index is 1.93. The van der Waals surface area contributed by atoms with Crippen LogP contribution in [0.1, 0.15) is 29.8 Å². The summed E-state index contributed by atoms with van der Waals surface area (Å²) in [6.07, 6.45) is -0.942. The van der Waals surface area contributed by atoms with E-state index < -0.39 is 18.0 Å². The van der Waals surface area contributed by atoms with Crippen LogP contribution >= 0.6 is 0 Å². The van der Waals surface area contributed by atoms with Crippen LogP contribution in [0.5, 0.6) is 0 Å². The topological polar surface area (TPSA) is 84.5 Å². The minimum absolute atomic E-state index is 0.173. The average Bonchev–Trinajstić information content (AvgIpc) is 2.56. The Morgan fingerprint density at radius 3 is 2.12 bits per heavy atom. The van der Waals surface area contributed by atoms with Gasteiger partial charge in [0.25, 0.3) is 5.91 Å². The summed E-state index contributed by atoms with van der Waals surface area (Å²) >= 11 is 0. The highest BCUT2D eigenvalue weighted by atomic mass is 16.5. The summed E-state index contributed by atoms with van der Waals surface area (Å²) in [5.41, 5.74) is 2.51. The number of hydrogen-bond acceptors (Lipinski definition) is 4. The zero-order valence-corrected chi connectivity index (χ0v) is 14.3. The van der Waals surface area contributed by atoms with Gasteiger partial charge in [0, 0.05) is 18.3 Å². The number of nitrogens with one attached hydrogen (secondary N) is 2. The summed E-state index contributed by atoms with van der Waals surface area (Å²) < 4.78 is 5.19. The predicted molar refractivity (Wildman–Crippen MR) is 95.4 cm³/mol. The van der Waals surface area contributed by atoms with Crippen molar-refractivity contribution in [3.8, 4) is 0 Å². The van der Waals surface area contributed by atoms with E-state index >= 15 is 0 Å². The molecule has 0 radical (unpaired) electrons. The third-order valence-electron chi connectivity index (χ3n) is 3.38. The van der Waals surface area contributed by atoms with Gasteiger partial charge in [-0.25, -0.2) is 4.79 Å². The van der Waals surface area contributed by atoms with Crippen LogP contribution in [0.15, 0.2) is 48.5 Å². The molecule has 0 heterocycles. The number of benzene rings is 2. The van der Waals surface area contributed by atoms with Crippen molar-refractivity contribution in [3.05, 3.63) is 59.7 Å². The number of aryl methyl sites for hydroxylation is 1. The Bertz CT molecular complexity index is 784. The van der Waals surface area contributed by atoms with Gasteiger partial charge in [-0.2, -0.15) is 0 Å². The first-order valence-corrected chi connectivity index (χ1v) is 7.81. The highest BCUT2D eigenvalue weighted by Crippen LogP contribution is 2.14. The second-order valence-electron chi connectivity index (χ2n) is 5.66. The lowest BCUT2D eigenvalue weighted by molar-refractivity contribution is -0.123. The fourth-order valence-electron chi connectivity index (χ4n) is 2.14. The van der Waals surface area contributed by atoms with Gasteiger partial charge in [0.05, 0.1) is 5.56 Å². The molecule has 0 aliphatic rings. The van der Waals surface area contributed by atoms with Gasteiger partial charge in [-0.05, 0) is 50.2 Å². The molecule has 2 N–H and O–H groups in total. The van der Waals surface area contributed by atoms with E-state index in [1.165, 1.54) is 13.8 Å². The molecule has 0 saturated heterocycles. The van der Waals surface area contributed by atoms with Crippen LogP contribution in [0.3, 0.4) is 0 Å². The monoisotopic (exact) mass is 340 g/mol. The molecule has 0 spiro atoms.